The highest BCUT2D eigenvalue weighted by molar-refractivity contribution is 7.92. The van der Waals surface area contributed by atoms with Crippen LogP contribution in [-0.2, 0) is 16.4 Å². The Hall–Kier alpha value is -1.30. The van der Waals surface area contributed by atoms with Gasteiger partial charge in [0.1, 0.15) is 11.6 Å². The maximum atomic E-state index is 11.1. The van der Waals surface area contributed by atoms with Gasteiger partial charge >= 0.3 is 0 Å². The van der Waals surface area contributed by atoms with Crippen LogP contribution in [0.4, 0.5) is 5.82 Å². The molecule has 0 unspecified atom stereocenters. The van der Waals surface area contributed by atoms with Crippen molar-refractivity contribution in [2.75, 3.05) is 11.0 Å². The molecule has 1 aromatic rings. The van der Waals surface area contributed by atoms with Crippen LogP contribution in [0.15, 0.2) is 12.3 Å². The van der Waals surface area contributed by atoms with Gasteiger partial charge in [0.2, 0.25) is 10.0 Å². The normalized spacial score (nSPS) is 15.6. The molecular weight excluding hydrogens is 240 g/mol. The van der Waals surface area contributed by atoms with Gasteiger partial charge in [-0.05, 0) is 30.9 Å². The Bertz CT molecular complexity index is 509. The molecule has 1 heterocycles. The second-order valence-corrected chi connectivity index (χ2v) is 5.97. The average molecular weight is 256 g/mol. The van der Waals surface area contributed by atoms with Gasteiger partial charge in [0.05, 0.1) is 18.6 Å². The molecule has 0 aromatic carbocycles. The summed E-state index contributed by atoms with van der Waals surface area (Å²) in [6.45, 7) is 2.00. The fourth-order valence-corrected chi connectivity index (χ4v) is 1.97. The molecule has 0 radical (unpaired) electrons. The van der Waals surface area contributed by atoms with Crippen LogP contribution in [0, 0.1) is 0 Å². The minimum atomic E-state index is -3.28. The topological polar surface area (TPSA) is 68.3 Å². The molecule has 1 N–H and O–H groups in total. The van der Waals surface area contributed by atoms with Crippen molar-refractivity contribution in [2.45, 2.75) is 32.3 Å². The molecule has 0 bridgehead atoms. The zero-order chi connectivity index (χ0) is 12.5. The second kappa shape index (κ2) is 4.52. The zero-order valence-corrected chi connectivity index (χ0v) is 10.8. The highest BCUT2D eigenvalue weighted by Crippen LogP contribution is 2.29. The summed E-state index contributed by atoms with van der Waals surface area (Å²) in [6, 6.07) is 1.72. The molecule has 0 spiro atoms. The van der Waals surface area contributed by atoms with Crippen molar-refractivity contribution in [3.8, 4) is 5.75 Å². The Labute approximate surface area is 101 Å². The lowest BCUT2D eigenvalue weighted by Gasteiger charge is -2.11. The number of aryl methyl sites for hydroxylation is 1. The summed E-state index contributed by atoms with van der Waals surface area (Å²) in [5, 5.41) is 0. The van der Waals surface area contributed by atoms with E-state index in [-0.39, 0.29) is 0 Å². The first-order valence-corrected chi connectivity index (χ1v) is 7.50. The maximum Gasteiger partial charge on any atom is 0.230 e. The first kappa shape index (κ1) is 12.2. The molecule has 0 aliphatic heterocycles. The van der Waals surface area contributed by atoms with E-state index in [2.05, 4.69) is 9.71 Å². The van der Waals surface area contributed by atoms with Gasteiger partial charge in [-0.3, -0.25) is 4.72 Å². The van der Waals surface area contributed by atoms with Crippen LogP contribution < -0.4 is 9.46 Å². The molecule has 0 atom stereocenters. The molecule has 94 valence electrons. The Morgan fingerprint density at radius 3 is 2.76 bits per heavy atom. The fourth-order valence-electron chi connectivity index (χ4n) is 1.48. The van der Waals surface area contributed by atoms with E-state index < -0.39 is 10.0 Å². The van der Waals surface area contributed by atoms with Crippen LogP contribution in [0.5, 0.6) is 5.75 Å². The summed E-state index contributed by atoms with van der Waals surface area (Å²) in [7, 11) is -3.28. The number of hydrogen-bond donors (Lipinski definition) is 1. The zero-order valence-electron chi connectivity index (χ0n) is 9.93. The van der Waals surface area contributed by atoms with Crippen molar-refractivity contribution >= 4 is 15.8 Å². The Morgan fingerprint density at radius 1 is 1.53 bits per heavy atom. The van der Waals surface area contributed by atoms with Crippen LogP contribution in [0.3, 0.4) is 0 Å². The molecule has 5 nitrogen and oxygen atoms in total. The summed E-state index contributed by atoms with van der Waals surface area (Å²) in [6.07, 6.45) is 5.97. The molecule has 17 heavy (non-hydrogen) atoms. The monoisotopic (exact) mass is 256 g/mol. The summed E-state index contributed by atoms with van der Waals surface area (Å²) in [4.78, 5) is 4.04. The van der Waals surface area contributed by atoms with Crippen molar-refractivity contribution < 1.29 is 13.2 Å². The largest absolute Gasteiger partial charge is 0.489 e. The minimum absolute atomic E-state index is 0.316. The quantitative estimate of drug-likeness (QED) is 0.868. The van der Waals surface area contributed by atoms with Gasteiger partial charge in [0.25, 0.3) is 0 Å². The third-order valence-electron chi connectivity index (χ3n) is 2.44. The van der Waals surface area contributed by atoms with E-state index >= 15 is 0 Å². The Kier molecular flexibility index (Phi) is 3.24. The molecule has 6 heteroatoms. The van der Waals surface area contributed by atoms with E-state index in [4.69, 9.17) is 4.74 Å². The summed E-state index contributed by atoms with van der Waals surface area (Å²) < 4.78 is 30.2. The predicted molar refractivity (Wildman–Crippen MR) is 65.7 cm³/mol. The number of pyridine rings is 1. The van der Waals surface area contributed by atoms with E-state index in [1.54, 1.807) is 12.3 Å². The van der Waals surface area contributed by atoms with E-state index in [1.165, 1.54) is 0 Å². The molecule has 1 saturated carbocycles. The molecule has 1 fully saturated rings. The molecule has 0 saturated heterocycles. The first-order valence-electron chi connectivity index (χ1n) is 5.61. The van der Waals surface area contributed by atoms with Gasteiger partial charge in [0, 0.05) is 0 Å². The molecular formula is C11H16N2O3S. The average Bonchev–Trinajstić information content (AvgIpc) is 3.02. The number of nitrogens with one attached hydrogen (secondary N) is 1. The number of sulfonamides is 1. The van der Waals surface area contributed by atoms with Crippen molar-refractivity contribution in [2.24, 2.45) is 0 Å². The van der Waals surface area contributed by atoms with Crippen LogP contribution >= 0.6 is 0 Å². The smallest absolute Gasteiger partial charge is 0.230 e. The summed E-state index contributed by atoms with van der Waals surface area (Å²) in [5.41, 5.74) is 0.970. The van der Waals surface area contributed by atoms with Crippen LogP contribution in [0.1, 0.15) is 25.3 Å². The summed E-state index contributed by atoms with van der Waals surface area (Å²) in [5.74, 6) is 1.10. The van der Waals surface area contributed by atoms with Crippen LogP contribution in [0.2, 0.25) is 0 Å². The minimum Gasteiger partial charge on any atom is -0.489 e. The van der Waals surface area contributed by atoms with Gasteiger partial charge in [-0.25, -0.2) is 13.4 Å². The molecule has 1 aliphatic carbocycles. The Balaban J connectivity index is 2.20. The van der Waals surface area contributed by atoms with Crippen molar-refractivity contribution in [1.29, 1.82) is 0 Å². The third-order valence-corrected chi connectivity index (χ3v) is 3.02. The van der Waals surface area contributed by atoms with Crippen molar-refractivity contribution in [3.63, 3.8) is 0 Å². The lowest BCUT2D eigenvalue weighted by atomic mass is 10.2. The van der Waals surface area contributed by atoms with E-state index in [0.29, 0.717) is 11.9 Å². The van der Waals surface area contributed by atoms with Crippen LogP contribution in [0.25, 0.3) is 0 Å². The van der Waals surface area contributed by atoms with E-state index in [1.807, 2.05) is 6.92 Å². The first-order chi connectivity index (χ1) is 7.98. The Morgan fingerprint density at radius 2 is 2.24 bits per heavy atom. The van der Waals surface area contributed by atoms with Gasteiger partial charge in [0.15, 0.2) is 0 Å². The molecule has 1 aliphatic rings. The predicted octanol–water partition coefficient (Wildman–Crippen LogP) is 1.56. The number of rotatable bonds is 5. The number of nitrogens with zero attached hydrogens (tertiary/aromatic N) is 1. The lowest BCUT2D eigenvalue weighted by molar-refractivity contribution is 0.299. The van der Waals surface area contributed by atoms with Gasteiger partial charge in [-0.2, -0.15) is 0 Å². The maximum absolute atomic E-state index is 11.1. The standard InChI is InChI=1S/C11H16N2O3S/c1-3-8-6-11(13-17(2,14)15)12-7-10(8)16-9-4-5-9/h6-7,9H,3-5H2,1-2H3,(H,12,13). The second-order valence-electron chi connectivity index (χ2n) is 4.22. The number of hydrogen-bond acceptors (Lipinski definition) is 4. The van der Waals surface area contributed by atoms with Gasteiger partial charge in [-0.1, -0.05) is 6.92 Å². The van der Waals surface area contributed by atoms with Crippen LogP contribution in [-0.4, -0.2) is 25.8 Å². The third kappa shape index (κ3) is 3.59. The highest BCUT2D eigenvalue weighted by Gasteiger charge is 2.24. The highest BCUT2D eigenvalue weighted by atomic mass is 32.2. The number of anilines is 1. The van der Waals surface area contributed by atoms with Gasteiger partial charge in [-0.15, -0.1) is 0 Å². The number of aromatic nitrogens is 1. The van der Waals surface area contributed by atoms with E-state index in [0.717, 1.165) is 36.8 Å². The fraction of sp³-hybridized carbons (Fsp3) is 0.545. The lowest BCUT2D eigenvalue weighted by Crippen LogP contribution is -2.11. The van der Waals surface area contributed by atoms with Crippen molar-refractivity contribution in [3.05, 3.63) is 17.8 Å². The number of ether oxygens (including phenoxy) is 1. The molecule has 1 aromatic heterocycles. The van der Waals surface area contributed by atoms with E-state index in [9.17, 15) is 8.42 Å². The van der Waals surface area contributed by atoms with Crippen molar-refractivity contribution in [1.82, 2.24) is 4.98 Å². The molecule has 0 amide bonds. The van der Waals surface area contributed by atoms with Gasteiger partial charge < -0.3 is 4.74 Å². The SMILES string of the molecule is CCc1cc(NS(C)(=O)=O)ncc1OC1CC1. The molecule has 2 rings (SSSR count). The summed E-state index contributed by atoms with van der Waals surface area (Å²) >= 11 is 0.